The molecular weight excluding hydrogens is 344 g/mol. The average molecular weight is 365 g/mol. The summed E-state index contributed by atoms with van der Waals surface area (Å²) in [5.74, 6) is -0.272. The van der Waals surface area contributed by atoms with Crippen LogP contribution in [0.2, 0.25) is 5.02 Å². The molecule has 0 aliphatic heterocycles. The van der Waals surface area contributed by atoms with Gasteiger partial charge >= 0.3 is 0 Å². The standard InChI is InChI=1S/C22H21ClN2O/c1-16-4-2-3-5-19(16)15-25-22(26)21(14-17-10-12-24-13-11-17)18-6-8-20(23)9-7-18/h2-13,21H,14-15H2,1H3,(H,25,26). The lowest BCUT2D eigenvalue weighted by molar-refractivity contribution is -0.122. The molecule has 1 amide bonds. The van der Waals surface area contributed by atoms with Gasteiger partial charge in [-0.05, 0) is 59.9 Å². The molecule has 1 heterocycles. The maximum atomic E-state index is 13.0. The predicted octanol–water partition coefficient (Wildman–Crippen LogP) is 4.69. The van der Waals surface area contributed by atoms with E-state index in [0.717, 1.165) is 16.7 Å². The number of nitrogens with one attached hydrogen (secondary N) is 1. The van der Waals surface area contributed by atoms with E-state index in [4.69, 9.17) is 11.6 Å². The zero-order chi connectivity index (χ0) is 18.4. The summed E-state index contributed by atoms with van der Waals surface area (Å²) in [5, 5.41) is 3.75. The number of carbonyl (C=O) groups is 1. The molecule has 1 unspecified atom stereocenters. The third kappa shape index (κ3) is 4.70. The topological polar surface area (TPSA) is 42.0 Å². The molecule has 0 fully saturated rings. The molecule has 0 saturated carbocycles. The highest BCUT2D eigenvalue weighted by Crippen LogP contribution is 2.23. The Morgan fingerprint density at radius 2 is 1.73 bits per heavy atom. The number of pyridine rings is 1. The zero-order valence-corrected chi connectivity index (χ0v) is 15.4. The van der Waals surface area contributed by atoms with Crippen LogP contribution >= 0.6 is 11.6 Å². The van der Waals surface area contributed by atoms with Crippen molar-refractivity contribution in [1.29, 1.82) is 0 Å². The summed E-state index contributed by atoms with van der Waals surface area (Å²) in [6.45, 7) is 2.57. The Hall–Kier alpha value is -2.65. The van der Waals surface area contributed by atoms with Crippen molar-refractivity contribution in [3.05, 3.63) is 100 Å². The average Bonchev–Trinajstić information content (AvgIpc) is 2.67. The van der Waals surface area contributed by atoms with Gasteiger partial charge in [0.1, 0.15) is 0 Å². The second-order valence-corrected chi connectivity index (χ2v) is 6.74. The first kappa shape index (κ1) is 18.2. The largest absolute Gasteiger partial charge is 0.351 e. The van der Waals surface area contributed by atoms with Gasteiger partial charge in [-0.2, -0.15) is 0 Å². The molecule has 3 rings (SSSR count). The summed E-state index contributed by atoms with van der Waals surface area (Å²) in [6, 6.07) is 19.4. The Morgan fingerprint density at radius 1 is 1.04 bits per heavy atom. The van der Waals surface area contributed by atoms with Gasteiger partial charge in [-0.25, -0.2) is 0 Å². The Morgan fingerprint density at radius 3 is 2.42 bits per heavy atom. The van der Waals surface area contributed by atoms with Gasteiger partial charge in [0.05, 0.1) is 5.92 Å². The molecule has 132 valence electrons. The molecule has 0 aliphatic rings. The maximum Gasteiger partial charge on any atom is 0.228 e. The van der Waals surface area contributed by atoms with E-state index in [1.807, 2.05) is 54.6 Å². The summed E-state index contributed by atoms with van der Waals surface area (Å²) < 4.78 is 0. The van der Waals surface area contributed by atoms with Crippen molar-refractivity contribution >= 4 is 17.5 Å². The number of nitrogens with zero attached hydrogens (tertiary/aromatic N) is 1. The van der Waals surface area contributed by atoms with Crippen molar-refractivity contribution in [2.45, 2.75) is 25.8 Å². The van der Waals surface area contributed by atoms with Gasteiger partial charge in [-0.15, -0.1) is 0 Å². The first-order chi connectivity index (χ1) is 12.6. The van der Waals surface area contributed by atoms with Crippen molar-refractivity contribution in [3.63, 3.8) is 0 Å². The van der Waals surface area contributed by atoms with E-state index in [1.165, 1.54) is 5.56 Å². The number of amides is 1. The van der Waals surface area contributed by atoms with Crippen molar-refractivity contribution < 1.29 is 4.79 Å². The predicted molar refractivity (Wildman–Crippen MR) is 105 cm³/mol. The molecule has 0 bridgehead atoms. The molecular formula is C22H21ClN2O. The quantitative estimate of drug-likeness (QED) is 0.689. The SMILES string of the molecule is Cc1ccccc1CNC(=O)C(Cc1ccncc1)c1ccc(Cl)cc1. The molecule has 1 atom stereocenters. The summed E-state index contributed by atoms with van der Waals surface area (Å²) >= 11 is 6.01. The number of aromatic nitrogens is 1. The van der Waals surface area contributed by atoms with Crippen LogP contribution in [0.3, 0.4) is 0 Å². The molecule has 0 radical (unpaired) electrons. The lowest BCUT2D eigenvalue weighted by atomic mass is 9.91. The van der Waals surface area contributed by atoms with Crippen LogP contribution in [0.5, 0.6) is 0 Å². The van der Waals surface area contributed by atoms with Crippen LogP contribution in [0.4, 0.5) is 0 Å². The van der Waals surface area contributed by atoms with Crippen LogP contribution in [0, 0.1) is 6.92 Å². The summed E-state index contributed by atoms with van der Waals surface area (Å²) in [6.07, 6.45) is 4.11. The summed E-state index contributed by atoms with van der Waals surface area (Å²) in [5.41, 5.74) is 4.32. The minimum Gasteiger partial charge on any atom is -0.351 e. The molecule has 1 N–H and O–H groups in total. The van der Waals surface area contributed by atoms with Crippen LogP contribution in [-0.2, 0) is 17.8 Å². The van der Waals surface area contributed by atoms with Crippen molar-refractivity contribution in [3.8, 4) is 0 Å². The number of aryl methyl sites for hydroxylation is 1. The fourth-order valence-electron chi connectivity index (χ4n) is 2.93. The van der Waals surface area contributed by atoms with Gasteiger partial charge < -0.3 is 5.32 Å². The van der Waals surface area contributed by atoms with Crippen LogP contribution in [0.1, 0.15) is 28.2 Å². The fraction of sp³-hybridized carbons (Fsp3) is 0.182. The van der Waals surface area contributed by atoms with Crippen molar-refractivity contribution in [1.82, 2.24) is 10.3 Å². The smallest absolute Gasteiger partial charge is 0.228 e. The highest BCUT2D eigenvalue weighted by Gasteiger charge is 2.21. The second kappa shape index (κ2) is 8.63. The molecule has 0 spiro atoms. The molecule has 0 aliphatic carbocycles. The van der Waals surface area contributed by atoms with Gasteiger partial charge in [0, 0.05) is 24.0 Å². The molecule has 2 aromatic carbocycles. The van der Waals surface area contributed by atoms with Crippen LogP contribution < -0.4 is 5.32 Å². The first-order valence-electron chi connectivity index (χ1n) is 8.60. The third-order valence-corrected chi connectivity index (χ3v) is 4.74. The number of halogens is 1. The van der Waals surface area contributed by atoms with Gasteiger partial charge in [0.25, 0.3) is 0 Å². The highest BCUT2D eigenvalue weighted by molar-refractivity contribution is 6.30. The van der Waals surface area contributed by atoms with E-state index in [2.05, 4.69) is 23.3 Å². The van der Waals surface area contributed by atoms with Gasteiger partial charge in [0.2, 0.25) is 5.91 Å². The number of rotatable bonds is 6. The Kier molecular flexibility index (Phi) is 6.03. The lowest BCUT2D eigenvalue weighted by Gasteiger charge is -2.18. The Labute approximate surface area is 159 Å². The van der Waals surface area contributed by atoms with E-state index in [1.54, 1.807) is 12.4 Å². The number of carbonyl (C=O) groups excluding carboxylic acids is 1. The summed E-state index contributed by atoms with van der Waals surface area (Å²) in [7, 11) is 0. The Balaban J connectivity index is 1.78. The maximum absolute atomic E-state index is 13.0. The van der Waals surface area contributed by atoms with Crippen LogP contribution in [0.15, 0.2) is 73.1 Å². The molecule has 3 aromatic rings. The van der Waals surface area contributed by atoms with E-state index in [-0.39, 0.29) is 11.8 Å². The molecule has 0 saturated heterocycles. The minimum absolute atomic E-state index is 0.00684. The normalized spacial score (nSPS) is 11.8. The van der Waals surface area contributed by atoms with Crippen molar-refractivity contribution in [2.75, 3.05) is 0 Å². The van der Waals surface area contributed by atoms with Crippen LogP contribution in [-0.4, -0.2) is 10.9 Å². The molecule has 26 heavy (non-hydrogen) atoms. The monoisotopic (exact) mass is 364 g/mol. The van der Waals surface area contributed by atoms with E-state index < -0.39 is 0 Å². The van der Waals surface area contributed by atoms with E-state index >= 15 is 0 Å². The first-order valence-corrected chi connectivity index (χ1v) is 8.98. The molecule has 4 heteroatoms. The summed E-state index contributed by atoms with van der Waals surface area (Å²) in [4.78, 5) is 17.0. The lowest BCUT2D eigenvalue weighted by Crippen LogP contribution is -2.30. The second-order valence-electron chi connectivity index (χ2n) is 6.31. The third-order valence-electron chi connectivity index (χ3n) is 4.49. The molecule has 1 aromatic heterocycles. The Bertz CT molecular complexity index is 863. The van der Waals surface area contributed by atoms with E-state index in [0.29, 0.717) is 18.0 Å². The van der Waals surface area contributed by atoms with Gasteiger partial charge in [-0.3, -0.25) is 9.78 Å². The van der Waals surface area contributed by atoms with Gasteiger partial charge in [0.15, 0.2) is 0 Å². The van der Waals surface area contributed by atoms with Crippen LogP contribution in [0.25, 0.3) is 0 Å². The van der Waals surface area contributed by atoms with Crippen molar-refractivity contribution in [2.24, 2.45) is 0 Å². The van der Waals surface area contributed by atoms with E-state index in [9.17, 15) is 4.79 Å². The minimum atomic E-state index is -0.279. The zero-order valence-electron chi connectivity index (χ0n) is 14.7. The fourth-order valence-corrected chi connectivity index (χ4v) is 3.05. The molecule has 3 nitrogen and oxygen atoms in total. The highest BCUT2D eigenvalue weighted by atomic mass is 35.5. The number of hydrogen-bond donors (Lipinski definition) is 1. The number of benzene rings is 2. The number of hydrogen-bond acceptors (Lipinski definition) is 2. The van der Waals surface area contributed by atoms with Gasteiger partial charge in [-0.1, -0.05) is 48.0 Å².